The van der Waals surface area contributed by atoms with Gasteiger partial charge in [-0.1, -0.05) is 18.1 Å². The Morgan fingerprint density at radius 3 is 2.72 bits per heavy atom. The molecule has 2 saturated heterocycles. The lowest BCUT2D eigenvalue weighted by Gasteiger charge is -2.30. The Kier molecular flexibility index (Phi) is 6.15. The molecule has 7 nitrogen and oxygen atoms in total. The molecule has 1 unspecified atom stereocenters. The summed E-state index contributed by atoms with van der Waals surface area (Å²) in [5.74, 6) is -1.21. The van der Waals surface area contributed by atoms with Crippen molar-refractivity contribution >= 4 is 29.7 Å². The van der Waals surface area contributed by atoms with E-state index in [-0.39, 0.29) is 29.9 Å². The van der Waals surface area contributed by atoms with Crippen LogP contribution in [0, 0.1) is 0 Å². The third-order valence-electron chi connectivity index (χ3n) is 5.96. The fraction of sp³-hybridized carbons (Fsp3) is 0.455. The number of hydrogen-bond acceptors (Lipinski definition) is 5. The number of benzene rings is 1. The summed E-state index contributed by atoms with van der Waals surface area (Å²) in [6.07, 6.45) is 3.14. The molecule has 3 amide bonds. The number of nitrogens with one attached hydrogen (secondary N) is 1. The Hall–Kier alpha value is -2.96. The van der Waals surface area contributed by atoms with Crippen LogP contribution in [-0.2, 0) is 9.59 Å². The Morgan fingerprint density at radius 1 is 1.31 bits per heavy atom. The van der Waals surface area contributed by atoms with E-state index in [4.69, 9.17) is 0 Å². The molecule has 2 fully saturated rings. The second-order valence-electron chi connectivity index (χ2n) is 7.68. The molecule has 29 heavy (non-hydrogen) atoms. The van der Waals surface area contributed by atoms with Crippen LogP contribution in [-0.4, -0.2) is 55.1 Å². The quantitative estimate of drug-likeness (QED) is 0.468. The molecule has 3 rings (SSSR count). The number of nitrogens with zero attached hydrogens (tertiary/aromatic N) is 2. The van der Waals surface area contributed by atoms with Crippen LogP contribution in [0.1, 0.15) is 60.2 Å². The monoisotopic (exact) mass is 397 g/mol. The van der Waals surface area contributed by atoms with Gasteiger partial charge in [0.2, 0.25) is 11.8 Å². The highest BCUT2D eigenvalue weighted by Crippen LogP contribution is 2.28. The van der Waals surface area contributed by atoms with Gasteiger partial charge in [0, 0.05) is 37.8 Å². The molecule has 154 valence electrons. The minimum absolute atomic E-state index is 0.189. The zero-order valence-corrected chi connectivity index (χ0v) is 17.2. The van der Waals surface area contributed by atoms with E-state index < -0.39 is 17.9 Å². The lowest BCUT2D eigenvalue weighted by Crippen LogP contribution is -2.53. The van der Waals surface area contributed by atoms with Gasteiger partial charge < -0.3 is 9.80 Å². The van der Waals surface area contributed by atoms with Crippen molar-refractivity contribution in [2.45, 2.75) is 45.6 Å². The zero-order valence-electron chi connectivity index (χ0n) is 17.2. The molecule has 2 aliphatic rings. The Labute approximate surface area is 170 Å². The molecule has 0 aromatic heterocycles. The van der Waals surface area contributed by atoms with E-state index in [1.165, 1.54) is 23.1 Å². The number of likely N-dealkylation sites (N-methyl/N-ethyl adjacent to an activating group) is 1. The van der Waals surface area contributed by atoms with Gasteiger partial charge in [0.1, 0.15) is 6.04 Å². The van der Waals surface area contributed by atoms with E-state index >= 15 is 0 Å². The van der Waals surface area contributed by atoms with E-state index in [0.717, 1.165) is 31.6 Å². The zero-order chi connectivity index (χ0) is 21.1. The first-order valence-corrected chi connectivity index (χ1v) is 9.98. The van der Waals surface area contributed by atoms with Crippen molar-refractivity contribution in [3.8, 4) is 0 Å². The predicted molar refractivity (Wildman–Crippen MR) is 110 cm³/mol. The number of anilines is 1. The number of amides is 3. The number of rotatable bonds is 5. The normalized spacial score (nSPS) is 21.1. The second-order valence-corrected chi connectivity index (χ2v) is 7.68. The third kappa shape index (κ3) is 4.23. The molecule has 0 spiro atoms. The van der Waals surface area contributed by atoms with Gasteiger partial charge in [0.05, 0.1) is 5.56 Å². The molecule has 1 aromatic rings. The van der Waals surface area contributed by atoms with Gasteiger partial charge in [0.15, 0.2) is 6.29 Å². The number of aldehydes is 1. The largest absolute Gasteiger partial charge is 0.367 e. The maximum atomic E-state index is 13.1. The summed E-state index contributed by atoms with van der Waals surface area (Å²) < 4.78 is 0. The minimum Gasteiger partial charge on any atom is -0.367 e. The molecular formula is C22H27N3O4. The Balaban J connectivity index is 1.86. The van der Waals surface area contributed by atoms with Gasteiger partial charge in [-0.15, -0.1) is 0 Å². The third-order valence-corrected chi connectivity index (χ3v) is 5.96. The van der Waals surface area contributed by atoms with Crippen molar-refractivity contribution in [1.29, 1.82) is 0 Å². The van der Waals surface area contributed by atoms with Gasteiger partial charge >= 0.3 is 0 Å². The molecule has 1 N–H and O–H groups in total. The summed E-state index contributed by atoms with van der Waals surface area (Å²) in [6, 6.07) is 4.52. The number of allylic oxidation sites excluding steroid dienone is 1. The van der Waals surface area contributed by atoms with Crippen molar-refractivity contribution in [1.82, 2.24) is 10.2 Å². The Bertz CT molecular complexity index is 890. The standard InChI is InChI=1S/C22H27N3O4/c1-4-14(2)15-9-10-25(12-15)17-6-5-16(13-26)18(11-17)22(29)24(3)19-7-8-20(27)23-21(19)28/h5-6,11,13,19H,4,7-10,12H2,1-3H3,(H,23,27,28)/b15-14-. The van der Waals surface area contributed by atoms with Crippen LogP contribution in [0.3, 0.4) is 0 Å². The maximum absolute atomic E-state index is 13.1. The molecule has 0 aliphatic carbocycles. The van der Waals surface area contributed by atoms with E-state index in [0.29, 0.717) is 6.29 Å². The molecule has 2 aliphatic heterocycles. The summed E-state index contributed by atoms with van der Waals surface area (Å²) in [6.45, 7) is 5.98. The van der Waals surface area contributed by atoms with Gasteiger partial charge in [-0.2, -0.15) is 0 Å². The molecule has 0 radical (unpaired) electrons. The average Bonchev–Trinajstić information content (AvgIpc) is 3.22. The molecule has 1 aromatic carbocycles. The van der Waals surface area contributed by atoms with Gasteiger partial charge in [-0.3, -0.25) is 24.5 Å². The summed E-state index contributed by atoms with van der Waals surface area (Å²) in [4.78, 5) is 51.7. The van der Waals surface area contributed by atoms with E-state index in [2.05, 4.69) is 24.1 Å². The van der Waals surface area contributed by atoms with Crippen LogP contribution in [0.2, 0.25) is 0 Å². The minimum atomic E-state index is -0.725. The number of carbonyl (C=O) groups excluding carboxylic acids is 4. The van der Waals surface area contributed by atoms with Crippen molar-refractivity contribution < 1.29 is 19.2 Å². The fourth-order valence-corrected chi connectivity index (χ4v) is 3.89. The number of imide groups is 1. The SMILES string of the molecule is CC/C(C)=C1/CCN(c2ccc(C=O)c(C(=O)N(C)C3CCC(=O)NC3=O)c2)C1. The second kappa shape index (κ2) is 8.59. The predicted octanol–water partition coefficient (Wildman–Crippen LogP) is 2.31. The summed E-state index contributed by atoms with van der Waals surface area (Å²) in [7, 11) is 1.53. The van der Waals surface area contributed by atoms with Crippen LogP contribution in [0.25, 0.3) is 0 Å². The highest BCUT2D eigenvalue weighted by atomic mass is 16.2. The van der Waals surface area contributed by atoms with Crippen LogP contribution >= 0.6 is 0 Å². The lowest BCUT2D eigenvalue weighted by atomic mass is 10.0. The van der Waals surface area contributed by atoms with Gasteiger partial charge in [-0.05, 0) is 44.4 Å². The van der Waals surface area contributed by atoms with Crippen LogP contribution in [0.15, 0.2) is 29.3 Å². The molecule has 0 bridgehead atoms. The average molecular weight is 397 g/mol. The van der Waals surface area contributed by atoms with Crippen LogP contribution in [0.5, 0.6) is 0 Å². The van der Waals surface area contributed by atoms with Gasteiger partial charge in [0.25, 0.3) is 5.91 Å². The molecule has 7 heteroatoms. The number of carbonyl (C=O) groups is 4. The van der Waals surface area contributed by atoms with E-state index in [9.17, 15) is 19.2 Å². The first-order chi connectivity index (χ1) is 13.8. The summed E-state index contributed by atoms with van der Waals surface area (Å²) >= 11 is 0. The maximum Gasteiger partial charge on any atom is 0.255 e. The molecular weight excluding hydrogens is 370 g/mol. The highest BCUT2D eigenvalue weighted by Gasteiger charge is 2.33. The number of hydrogen-bond donors (Lipinski definition) is 1. The highest BCUT2D eigenvalue weighted by molar-refractivity contribution is 6.06. The smallest absolute Gasteiger partial charge is 0.255 e. The first-order valence-electron chi connectivity index (χ1n) is 9.98. The summed E-state index contributed by atoms with van der Waals surface area (Å²) in [5.41, 5.74) is 4.26. The van der Waals surface area contributed by atoms with Crippen molar-refractivity contribution in [2.75, 3.05) is 25.0 Å². The van der Waals surface area contributed by atoms with Crippen molar-refractivity contribution in [2.24, 2.45) is 0 Å². The van der Waals surface area contributed by atoms with Crippen molar-refractivity contribution in [3.63, 3.8) is 0 Å². The van der Waals surface area contributed by atoms with Crippen LogP contribution < -0.4 is 10.2 Å². The van der Waals surface area contributed by atoms with E-state index in [1.807, 2.05) is 6.07 Å². The van der Waals surface area contributed by atoms with E-state index in [1.54, 1.807) is 12.1 Å². The van der Waals surface area contributed by atoms with Crippen molar-refractivity contribution in [3.05, 3.63) is 40.5 Å². The molecule has 0 saturated carbocycles. The summed E-state index contributed by atoms with van der Waals surface area (Å²) in [5, 5.41) is 2.27. The lowest BCUT2D eigenvalue weighted by molar-refractivity contribution is -0.136. The molecule has 1 atom stereocenters. The Morgan fingerprint density at radius 2 is 2.07 bits per heavy atom. The van der Waals surface area contributed by atoms with Gasteiger partial charge in [-0.25, -0.2) is 0 Å². The molecule has 2 heterocycles. The first kappa shape index (κ1) is 20.8. The number of piperidine rings is 1. The topological polar surface area (TPSA) is 86.8 Å². The van der Waals surface area contributed by atoms with Crippen LogP contribution in [0.4, 0.5) is 5.69 Å². The fourth-order valence-electron chi connectivity index (χ4n) is 3.89.